The summed E-state index contributed by atoms with van der Waals surface area (Å²) in [4.78, 5) is 21.1. The average Bonchev–Trinajstić information content (AvgIpc) is 2.75. The first-order valence-electron chi connectivity index (χ1n) is 8.78. The van der Waals surface area contributed by atoms with Gasteiger partial charge in [0.15, 0.2) is 11.4 Å². The maximum atomic E-state index is 11.1. The van der Waals surface area contributed by atoms with Crippen LogP contribution in [0.15, 0.2) is 75.1 Å². The molecule has 0 aromatic heterocycles. The van der Waals surface area contributed by atoms with Gasteiger partial charge >= 0.3 is 0 Å². The third kappa shape index (κ3) is 4.48. The summed E-state index contributed by atoms with van der Waals surface area (Å²) in [6.07, 6.45) is 0. The molecule has 0 aliphatic rings. The van der Waals surface area contributed by atoms with Gasteiger partial charge in [-0.15, -0.1) is 20.5 Å². The van der Waals surface area contributed by atoms with E-state index in [1.54, 1.807) is 25.1 Å². The Kier molecular flexibility index (Phi) is 5.91. The number of azo groups is 2. The van der Waals surface area contributed by atoms with Gasteiger partial charge in [-0.25, -0.2) is 0 Å². The van der Waals surface area contributed by atoms with Crippen LogP contribution in [0.4, 0.5) is 45.5 Å². The van der Waals surface area contributed by atoms with Crippen LogP contribution in [0.1, 0.15) is 5.56 Å². The maximum absolute atomic E-state index is 11.1. The van der Waals surface area contributed by atoms with Crippen molar-refractivity contribution < 1.29 is 9.85 Å². The zero-order valence-corrected chi connectivity index (χ0v) is 16.2. The topological polar surface area (TPSA) is 188 Å². The third-order valence-electron chi connectivity index (χ3n) is 4.24. The quantitative estimate of drug-likeness (QED) is 0.219. The molecule has 0 radical (unpaired) electrons. The number of aryl methyl sites for hydroxylation is 1. The zero-order valence-electron chi connectivity index (χ0n) is 16.2. The van der Waals surface area contributed by atoms with Crippen LogP contribution in [0.5, 0.6) is 0 Å². The van der Waals surface area contributed by atoms with Crippen molar-refractivity contribution in [3.05, 3.63) is 80.4 Å². The fourth-order valence-electron chi connectivity index (χ4n) is 2.62. The molecule has 0 saturated heterocycles. The highest BCUT2D eigenvalue weighted by molar-refractivity contribution is 5.87. The van der Waals surface area contributed by atoms with Crippen LogP contribution in [0.25, 0.3) is 0 Å². The summed E-state index contributed by atoms with van der Waals surface area (Å²) in [6, 6.07) is 13.2. The van der Waals surface area contributed by atoms with Crippen molar-refractivity contribution in [1.82, 2.24) is 0 Å². The van der Waals surface area contributed by atoms with Crippen LogP contribution in [0, 0.1) is 27.2 Å². The molecular formula is C19H16N8O4. The van der Waals surface area contributed by atoms with Gasteiger partial charge in [0.25, 0.3) is 11.4 Å². The lowest BCUT2D eigenvalue weighted by molar-refractivity contribution is -0.384. The summed E-state index contributed by atoms with van der Waals surface area (Å²) < 4.78 is 0. The van der Waals surface area contributed by atoms with Crippen molar-refractivity contribution in [2.75, 3.05) is 11.5 Å². The lowest BCUT2D eigenvalue weighted by Crippen LogP contribution is -1.95. The Morgan fingerprint density at radius 1 is 0.710 bits per heavy atom. The number of para-hydroxylation sites is 2. The number of rotatable bonds is 6. The van der Waals surface area contributed by atoms with E-state index in [0.717, 1.165) is 0 Å². The van der Waals surface area contributed by atoms with Gasteiger partial charge < -0.3 is 11.5 Å². The van der Waals surface area contributed by atoms with Crippen LogP contribution in [-0.4, -0.2) is 9.85 Å². The fourth-order valence-corrected chi connectivity index (χ4v) is 2.62. The number of nitrogens with zero attached hydrogens (tertiary/aromatic N) is 6. The second-order valence-electron chi connectivity index (χ2n) is 6.28. The van der Waals surface area contributed by atoms with E-state index in [-0.39, 0.29) is 45.5 Å². The first-order valence-corrected chi connectivity index (χ1v) is 8.78. The molecule has 0 saturated carbocycles. The van der Waals surface area contributed by atoms with Crippen LogP contribution in [0.3, 0.4) is 0 Å². The van der Waals surface area contributed by atoms with Gasteiger partial charge in [-0.2, -0.15) is 0 Å². The number of nitro benzene ring substituents is 2. The lowest BCUT2D eigenvalue weighted by Gasteiger charge is -2.09. The molecule has 156 valence electrons. The minimum atomic E-state index is -0.580. The van der Waals surface area contributed by atoms with Gasteiger partial charge in [-0.3, -0.25) is 20.2 Å². The van der Waals surface area contributed by atoms with Crippen LogP contribution in [0.2, 0.25) is 0 Å². The van der Waals surface area contributed by atoms with Crippen molar-refractivity contribution in [2.45, 2.75) is 6.92 Å². The van der Waals surface area contributed by atoms with E-state index in [4.69, 9.17) is 11.5 Å². The number of nitro groups is 2. The summed E-state index contributed by atoms with van der Waals surface area (Å²) in [6.45, 7) is 1.68. The highest BCUT2D eigenvalue weighted by Gasteiger charge is 2.16. The SMILES string of the molecule is Cc1cc(N=Nc2ccccc2[N+](=O)[O-])c(N)c(N=Nc2ccccc2[N+](=O)[O-])c1N. The van der Waals surface area contributed by atoms with E-state index in [9.17, 15) is 20.2 Å². The van der Waals surface area contributed by atoms with Gasteiger partial charge in [-0.05, 0) is 30.7 Å². The molecule has 0 amide bonds. The second kappa shape index (κ2) is 8.73. The molecule has 0 heterocycles. The van der Waals surface area contributed by atoms with E-state index in [1.807, 2.05) is 0 Å². The number of anilines is 2. The summed E-state index contributed by atoms with van der Waals surface area (Å²) in [5, 5.41) is 38.1. The standard InChI is InChI=1S/C19H16N8O4/c1-11-10-14(24-22-12-6-2-4-8-15(12)26(28)29)18(21)19(17(11)20)25-23-13-7-3-5-9-16(13)27(30)31/h2-10H,20-21H2,1H3. The molecule has 3 aromatic rings. The normalized spacial score (nSPS) is 11.3. The van der Waals surface area contributed by atoms with Crippen molar-refractivity contribution in [3.63, 3.8) is 0 Å². The molecular weight excluding hydrogens is 404 g/mol. The fraction of sp³-hybridized carbons (Fsp3) is 0.0526. The molecule has 0 bridgehead atoms. The van der Waals surface area contributed by atoms with Crippen molar-refractivity contribution >= 4 is 45.5 Å². The van der Waals surface area contributed by atoms with E-state index in [1.165, 1.54) is 36.4 Å². The van der Waals surface area contributed by atoms with Crippen LogP contribution in [-0.2, 0) is 0 Å². The van der Waals surface area contributed by atoms with Crippen LogP contribution >= 0.6 is 0 Å². The minimum Gasteiger partial charge on any atom is -0.397 e. The Labute approximate surface area is 175 Å². The third-order valence-corrected chi connectivity index (χ3v) is 4.24. The van der Waals surface area contributed by atoms with Crippen LogP contribution < -0.4 is 11.5 Å². The van der Waals surface area contributed by atoms with Gasteiger partial charge in [-0.1, -0.05) is 24.3 Å². The molecule has 12 heteroatoms. The molecule has 0 unspecified atom stereocenters. The monoisotopic (exact) mass is 420 g/mol. The summed E-state index contributed by atoms with van der Waals surface area (Å²) in [5.41, 5.74) is 12.8. The van der Waals surface area contributed by atoms with Crippen molar-refractivity contribution in [3.8, 4) is 0 Å². The second-order valence-corrected chi connectivity index (χ2v) is 6.28. The molecule has 31 heavy (non-hydrogen) atoms. The molecule has 12 nitrogen and oxygen atoms in total. The number of benzene rings is 3. The number of nitrogens with two attached hydrogens (primary N) is 2. The minimum absolute atomic E-state index is 0.0211. The van der Waals surface area contributed by atoms with E-state index in [2.05, 4.69) is 20.5 Å². The predicted octanol–water partition coefficient (Wildman–Crippen LogP) is 5.81. The summed E-state index contributed by atoms with van der Waals surface area (Å²) in [5.74, 6) is 0. The summed E-state index contributed by atoms with van der Waals surface area (Å²) >= 11 is 0. The first kappa shape index (κ1) is 21.0. The molecule has 4 N–H and O–H groups in total. The molecule has 0 atom stereocenters. The molecule has 0 aliphatic heterocycles. The molecule has 0 fully saturated rings. The Balaban J connectivity index is 2.04. The molecule has 0 spiro atoms. The Morgan fingerprint density at radius 3 is 1.68 bits per heavy atom. The van der Waals surface area contributed by atoms with Crippen molar-refractivity contribution in [2.24, 2.45) is 20.5 Å². The van der Waals surface area contributed by atoms with E-state index in [0.29, 0.717) is 5.56 Å². The summed E-state index contributed by atoms with van der Waals surface area (Å²) in [7, 11) is 0. The highest BCUT2D eigenvalue weighted by atomic mass is 16.6. The van der Waals surface area contributed by atoms with Crippen molar-refractivity contribution in [1.29, 1.82) is 0 Å². The predicted molar refractivity (Wildman–Crippen MR) is 115 cm³/mol. The molecule has 3 rings (SSSR count). The molecule has 0 aliphatic carbocycles. The number of hydrogen-bond donors (Lipinski definition) is 2. The van der Waals surface area contributed by atoms with E-state index < -0.39 is 9.85 Å². The smallest absolute Gasteiger partial charge is 0.296 e. The number of hydrogen-bond acceptors (Lipinski definition) is 10. The Hall–Kier alpha value is -4.74. The Bertz CT molecular complexity index is 1240. The van der Waals surface area contributed by atoms with Gasteiger partial charge in [0, 0.05) is 12.1 Å². The lowest BCUT2D eigenvalue weighted by atomic mass is 10.1. The molecule has 3 aromatic carbocycles. The average molecular weight is 420 g/mol. The van der Waals surface area contributed by atoms with Gasteiger partial charge in [0.2, 0.25) is 0 Å². The Morgan fingerprint density at radius 2 is 1.16 bits per heavy atom. The van der Waals surface area contributed by atoms with Gasteiger partial charge in [0.1, 0.15) is 11.4 Å². The maximum Gasteiger partial charge on any atom is 0.296 e. The zero-order chi connectivity index (χ0) is 22.5. The van der Waals surface area contributed by atoms with Gasteiger partial charge in [0.05, 0.1) is 21.2 Å². The highest BCUT2D eigenvalue weighted by Crippen LogP contribution is 2.42. The largest absolute Gasteiger partial charge is 0.397 e. The van der Waals surface area contributed by atoms with E-state index >= 15 is 0 Å². The first-order chi connectivity index (χ1) is 14.8. The number of nitrogen functional groups attached to an aromatic ring is 2.